The van der Waals surface area contributed by atoms with Crippen LogP contribution in [0.25, 0.3) is 0 Å². The second-order valence-electron chi connectivity index (χ2n) is 4.42. The Kier molecular flexibility index (Phi) is 3.05. The van der Waals surface area contributed by atoms with Crippen LogP contribution in [0.15, 0.2) is 28.7 Å². The molecule has 16 heavy (non-hydrogen) atoms. The molecule has 1 aromatic carbocycles. The minimum Gasteiger partial charge on any atom is -0.330 e. The van der Waals surface area contributed by atoms with Gasteiger partial charge in [-0.3, -0.25) is 0 Å². The number of nitrogens with two attached hydrogens (primary N) is 1. The predicted octanol–water partition coefficient (Wildman–Crippen LogP) is 3.67. The average molecular weight is 290 g/mol. The van der Waals surface area contributed by atoms with Crippen molar-refractivity contribution >= 4 is 15.9 Å². The summed E-state index contributed by atoms with van der Waals surface area (Å²) < 4.78 is 29.4. The first-order valence-corrected chi connectivity index (χ1v) is 6.15. The molecule has 0 atom stereocenters. The summed E-state index contributed by atoms with van der Waals surface area (Å²) in [6.45, 7) is 0.0517. The second-order valence-corrected chi connectivity index (χ2v) is 5.33. The molecular weight excluding hydrogens is 276 g/mol. The van der Waals surface area contributed by atoms with Crippen molar-refractivity contribution in [2.24, 2.45) is 11.1 Å². The SMILES string of the molecule is NCC1(C(F)(F)c2ccc(Br)cc2)CCC1. The zero-order valence-corrected chi connectivity index (χ0v) is 10.4. The standard InChI is InChI=1S/C12H14BrF2N/c13-10-4-2-9(3-5-10)12(14,15)11(8-16)6-1-7-11/h2-5H,1,6-8,16H2. The lowest BCUT2D eigenvalue weighted by atomic mass is 9.63. The van der Waals surface area contributed by atoms with Crippen molar-refractivity contribution in [3.05, 3.63) is 34.3 Å². The van der Waals surface area contributed by atoms with Gasteiger partial charge in [-0.05, 0) is 25.0 Å². The third-order valence-electron chi connectivity index (χ3n) is 3.57. The zero-order chi connectivity index (χ0) is 11.8. The lowest BCUT2D eigenvalue weighted by molar-refractivity contribution is -0.164. The third-order valence-corrected chi connectivity index (χ3v) is 4.10. The first kappa shape index (κ1) is 12.0. The number of halogens is 3. The molecule has 0 radical (unpaired) electrons. The Hall–Kier alpha value is -0.480. The van der Waals surface area contributed by atoms with Crippen molar-refractivity contribution in [1.29, 1.82) is 0 Å². The first-order chi connectivity index (χ1) is 7.52. The second kappa shape index (κ2) is 4.08. The van der Waals surface area contributed by atoms with Crippen LogP contribution >= 0.6 is 15.9 Å². The Morgan fingerprint density at radius 1 is 1.25 bits per heavy atom. The van der Waals surface area contributed by atoms with Crippen LogP contribution in [-0.2, 0) is 5.92 Å². The monoisotopic (exact) mass is 289 g/mol. The minimum atomic E-state index is -2.82. The van der Waals surface area contributed by atoms with E-state index < -0.39 is 11.3 Å². The van der Waals surface area contributed by atoms with Gasteiger partial charge in [-0.25, -0.2) is 8.78 Å². The Morgan fingerprint density at radius 3 is 2.19 bits per heavy atom. The molecule has 0 aliphatic heterocycles. The van der Waals surface area contributed by atoms with Gasteiger partial charge in [0, 0.05) is 16.6 Å². The van der Waals surface area contributed by atoms with Crippen molar-refractivity contribution in [2.45, 2.75) is 25.2 Å². The summed E-state index contributed by atoms with van der Waals surface area (Å²) in [4.78, 5) is 0. The number of alkyl halides is 2. The van der Waals surface area contributed by atoms with Gasteiger partial charge in [-0.2, -0.15) is 0 Å². The number of benzene rings is 1. The molecule has 0 aromatic heterocycles. The summed E-state index contributed by atoms with van der Waals surface area (Å²) in [6.07, 6.45) is 1.89. The maximum absolute atomic E-state index is 14.3. The maximum atomic E-state index is 14.3. The molecule has 0 heterocycles. The van der Waals surface area contributed by atoms with Gasteiger partial charge in [0.2, 0.25) is 0 Å². The first-order valence-electron chi connectivity index (χ1n) is 5.36. The van der Waals surface area contributed by atoms with Crippen LogP contribution < -0.4 is 5.73 Å². The molecule has 1 aromatic rings. The van der Waals surface area contributed by atoms with Gasteiger partial charge in [0.15, 0.2) is 0 Å². The smallest absolute Gasteiger partial charge is 0.279 e. The number of rotatable bonds is 3. The van der Waals surface area contributed by atoms with E-state index in [9.17, 15) is 8.78 Å². The highest BCUT2D eigenvalue weighted by atomic mass is 79.9. The van der Waals surface area contributed by atoms with Crippen LogP contribution in [0.4, 0.5) is 8.78 Å². The summed E-state index contributed by atoms with van der Waals surface area (Å²) in [7, 11) is 0. The Morgan fingerprint density at radius 2 is 1.81 bits per heavy atom. The molecule has 4 heteroatoms. The van der Waals surface area contributed by atoms with Crippen LogP contribution in [0.2, 0.25) is 0 Å². The topological polar surface area (TPSA) is 26.0 Å². The summed E-state index contributed by atoms with van der Waals surface area (Å²) >= 11 is 3.24. The third kappa shape index (κ3) is 1.68. The van der Waals surface area contributed by atoms with E-state index in [1.807, 2.05) is 0 Å². The highest BCUT2D eigenvalue weighted by molar-refractivity contribution is 9.10. The summed E-state index contributed by atoms with van der Waals surface area (Å²) in [5.74, 6) is -2.82. The molecule has 2 rings (SSSR count). The largest absolute Gasteiger partial charge is 0.330 e. The Bertz CT molecular complexity index is 366. The summed E-state index contributed by atoms with van der Waals surface area (Å²) in [5.41, 5.74) is 4.59. The zero-order valence-electron chi connectivity index (χ0n) is 8.85. The van der Waals surface area contributed by atoms with E-state index in [0.29, 0.717) is 12.8 Å². The van der Waals surface area contributed by atoms with E-state index in [-0.39, 0.29) is 12.1 Å². The van der Waals surface area contributed by atoms with Crippen LogP contribution in [0, 0.1) is 5.41 Å². The highest BCUT2D eigenvalue weighted by Gasteiger charge is 2.56. The van der Waals surface area contributed by atoms with E-state index in [0.717, 1.165) is 10.9 Å². The molecule has 0 spiro atoms. The summed E-state index contributed by atoms with van der Waals surface area (Å²) in [6, 6.07) is 6.23. The minimum absolute atomic E-state index is 0.0517. The highest BCUT2D eigenvalue weighted by Crippen LogP contribution is 2.56. The Labute approximate surface area is 102 Å². The Balaban J connectivity index is 2.34. The fourth-order valence-corrected chi connectivity index (χ4v) is 2.48. The van der Waals surface area contributed by atoms with E-state index in [1.54, 1.807) is 12.1 Å². The molecule has 2 N–H and O–H groups in total. The summed E-state index contributed by atoms with van der Waals surface area (Å²) in [5, 5.41) is 0. The lowest BCUT2D eigenvalue weighted by Crippen LogP contribution is -2.49. The number of hydrogen-bond acceptors (Lipinski definition) is 1. The predicted molar refractivity (Wildman–Crippen MR) is 63.4 cm³/mol. The lowest BCUT2D eigenvalue weighted by Gasteiger charge is -2.46. The molecule has 1 aliphatic carbocycles. The van der Waals surface area contributed by atoms with E-state index in [1.165, 1.54) is 12.1 Å². The van der Waals surface area contributed by atoms with Gasteiger partial charge in [0.25, 0.3) is 5.92 Å². The van der Waals surface area contributed by atoms with Gasteiger partial charge in [-0.15, -0.1) is 0 Å². The molecule has 1 nitrogen and oxygen atoms in total. The quantitative estimate of drug-likeness (QED) is 0.903. The molecule has 0 saturated heterocycles. The van der Waals surface area contributed by atoms with Crippen LogP contribution in [0.3, 0.4) is 0 Å². The van der Waals surface area contributed by atoms with Crippen LogP contribution in [0.1, 0.15) is 24.8 Å². The molecule has 0 bridgehead atoms. The van der Waals surface area contributed by atoms with Gasteiger partial charge in [-0.1, -0.05) is 34.5 Å². The average Bonchev–Trinajstić information content (AvgIpc) is 2.17. The normalized spacial score (nSPS) is 19.2. The molecule has 1 saturated carbocycles. The maximum Gasteiger partial charge on any atom is 0.279 e. The van der Waals surface area contributed by atoms with Gasteiger partial charge < -0.3 is 5.73 Å². The van der Waals surface area contributed by atoms with Crippen molar-refractivity contribution in [1.82, 2.24) is 0 Å². The van der Waals surface area contributed by atoms with E-state index in [2.05, 4.69) is 15.9 Å². The van der Waals surface area contributed by atoms with Crippen molar-refractivity contribution < 1.29 is 8.78 Å². The molecule has 1 aliphatic rings. The van der Waals surface area contributed by atoms with Crippen LogP contribution in [-0.4, -0.2) is 6.54 Å². The van der Waals surface area contributed by atoms with Crippen molar-refractivity contribution in [3.8, 4) is 0 Å². The van der Waals surface area contributed by atoms with E-state index in [4.69, 9.17) is 5.73 Å². The molecule has 0 amide bonds. The van der Waals surface area contributed by atoms with Gasteiger partial charge >= 0.3 is 0 Å². The van der Waals surface area contributed by atoms with Gasteiger partial charge in [0.05, 0.1) is 5.41 Å². The van der Waals surface area contributed by atoms with Crippen LogP contribution in [0.5, 0.6) is 0 Å². The van der Waals surface area contributed by atoms with Gasteiger partial charge in [0.1, 0.15) is 0 Å². The molecular formula is C12H14BrF2N. The molecule has 0 unspecified atom stereocenters. The fourth-order valence-electron chi connectivity index (χ4n) is 2.22. The number of hydrogen-bond donors (Lipinski definition) is 1. The van der Waals surface area contributed by atoms with E-state index >= 15 is 0 Å². The fraction of sp³-hybridized carbons (Fsp3) is 0.500. The molecule has 88 valence electrons. The van der Waals surface area contributed by atoms with Crippen molar-refractivity contribution in [2.75, 3.05) is 6.54 Å². The molecule has 1 fully saturated rings. The van der Waals surface area contributed by atoms with Crippen molar-refractivity contribution in [3.63, 3.8) is 0 Å².